The van der Waals surface area contributed by atoms with Gasteiger partial charge in [-0.15, -0.1) is 0 Å². The number of nitrogens with zero attached hydrogens (tertiary/aromatic N) is 1. The van der Waals surface area contributed by atoms with Gasteiger partial charge >= 0.3 is 6.09 Å². The predicted molar refractivity (Wildman–Crippen MR) is 97.0 cm³/mol. The van der Waals surface area contributed by atoms with Gasteiger partial charge in [0.25, 0.3) is 0 Å². The molecule has 0 spiro atoms. The zero-order valence-corrected chi connectivity index (χ0v) is 15.6. The number of hydrogen-bond acceptors (Lipinski definition) is 2. The fraction of sp³-hybridized carbons (Fsp3) is 0.571. The van der Waals surface area contributed by atoms with E-state index in [0.29, 0.717) is 12.0 Å². The molecule has 1 aromatic rings. The van der Waals surface area contributed by atoms with E-state index in [4.69, 9.17) is 4.74 Å². The van der Waals surface area contributed by atoms with Crippen LogP contribution in [0.3, 0.4) is 0 Å². The van der Waals surface area contributed by atoms with Crippen molar-refractivity contribution >= 4 is 6.09 Å². The van der Waals surface area contributed by atoms with Gasteiger partial charge in [-0.05, 0) is 70.9 Å². The minimum Gasteiger partial charge on any atom is -0.444 e. The van der Waals surface area contributed by atoms with Crippen LogP contribution in [0.1, 0.15) is 57.6 Å². The molecule has 2 aliphatic heterocycles. The Labute approximate surface area is 149 Å². The molecule has 3 rings (SSSR count). The third-order valence-corrected chi connectivity index (χ3v) is 5.01. The van der Waals surface area contributed by atoms with Crippen molar-refractivity contribution in [3.8, 4) is 0 Å². The first-order valence-corrected chi connectivity index (χ1v) is 9.19. The summed E-state index contributed by atoms with van der Waals surface area (Å²) in [6, 6.07) is 5.81. The Morgan fingerprint density at radius 1 is 1.32 bits per heavy atom. The summed E-state index contributed by atoms with van der Waals surface area (Å²) in [5.41, 5.74) is 2.18. The zero-order chi connectivity index (χ0) is 18.2. The van der Waals surface area contributed by atoms with Crippen molar-refractivity contribution in [2.75, 3.05) is 0 Å². The van der Waals surface area contributed by atoms with Crippen molar-refractivity contribution in [2.24, 2.45) is 0 Å². The maximum atomic E-state index is 14.3. The molecule has 2 aliphatic rings. The third-order valence-electron chi connectivity index (χ3n) is 5.01. The minimum absolute atomic E-state index is 0.0743. The van der Waals surface area contributed by atoms with Crippen LogP contribution in [0.2, 0.25) is 0 Å². The number of aryl methyl sites for hydroxylation is 1. The maximum absolute atomic E-state index is 14.3. The van der Waals surface area contributed by atoms with E-state index in [1.165, 1.54) is 5.57 Å². The molecule has 2 bridgehead atoms. The first kappa shape index (κ1) is 18.0. The van der Waals surface area contributed by atoms with Crippen LogP contribution in [0, 0.1) is 12.7 Å². The van der Waals surface area contributed by atoms with Gasteiger partial charge in [-0.1, -0.05) is 29.8 Å². The summed E-state index contributed by atoms with van der Waals surface area (Å²) in [6.45, 7) is 7.48. The van der Waals surface area contributed by atoms with Crippen molar-refractivity contribution < 1.29 is 13.9 Å². The normalized spacial score (nSPS) is 23.2. The van der Waals surface area contributed by atoms with Crippen LogP contribution in [0.5, 0.6) is 0 Å². The van der Waals surface area contributed by atoms with E-state index in [9.17, 15) is 9.18 Å². The summed E-state index contributed by atoms with van der Waals surface area (Å²) >= 11 is 0. The number of fused-ring (bicyclic) bond motifs is 2. The lowest BCUT2D eigenvalue weighted by molar-refractivity contribution is -0.00150. The first-order chi connectivity index (χ1) is 11.7. The number of benzene rings is 1. The van der Waals surface area contributed by atoms with E-state index in [1.807, 2.05) is 37.8 Å². The Hall–Kier alpha value is -1.84. The van der Waals surface area contributed by atoms with Gasteiger partial charge in [0.05, 0.1) is 6.04 Å². The molecular formula is C21H28FNO2. The van der Waals surface area contributed by atoms with Gasteiger partial charge in [-0.2, -0.15) is 0 Å². The Morgan fingerprint density at radius 3 is 2.76 bits per heavy atom. The van der Waals surface area contributed by atoms with Crippen LogP contribution in [0.15, 0.2) is 29.8 Å². The number of rotatable bonds is 2. The Morgan fingerprint density at radius 2 is 2.08 bits per heavy atom. The standard InChI is InChI=1S/C21H28FNO2/c1-14-7-5-8-16(19(14)22)11-15-12-17-9-6-10-18(13-15)23(17)20(24)25-21(2,3)4/h5,7-8,12,17-18H,6,9-11,13H2,1-4H3. The van der Waals surface area contributed by atoms with Crippen molar-refractivity contribution in [2.45, 2.75) is 77.5 Å². The Kier molecular flexibility index (Phi) is 4.90. The fourth-order valence-corrected chi connectivity index (χ4v) is 3.94. The summed E-state index contributed by atoms with van der Waals surface area (Å²) in [7, 11) is 0. The van der Waals surface area contributed by atoms with E-state index >= 15 is 0 Å². The number of piperidine rings is 1. The van der Waals surface area contributed by atoms with Gasteiger partial charge in [0.15, 0.2) is 0 Å². The maximum Gasteiger partial charge on any atom is 0.411 e. The Bertz CT molecular complexity index is 690. The van der Waals surface area contributed by atoms with Crippen LogP contribution >= 0.6 is 0 Å². The number of halogens is 1. The summed E-state index contributed by atoms with van der Waals surface area (Å²) in [5.74, 6) is -0.108. The summed E-state index contributed by atoms with van der Waals surface area (Å²) in [5, 5.41) is 0. The molecule has 25 heavy (non-hydrogen) atoms. The molecular weight excluding hydrogens is 317 g/mol. The van der Waals surface area contributed by atoms with Crippen LogP contribution in [0.25, 0.3) is 0 Å². The van der Waals surface area contributed by atoms with Gasteiger partial charge in [-0.25, -0.2) is 9.18 Å². The molecule has 1 aromatic carbocycles. The minimum atomic E-state index is -0.486. The van der Waals surface area contributed by atoms with E-state index in [0.717, 1.165) is 31.2 Å². The van der Waals surface area contributed by atoms with Crippen molar-refractivity contribution in [1.82, 2.24) is 4.90 Å². The SMILES string of the molecule is Cc1cccc(CC2=CC3CCCC(C2)N3C(=O)OC(C)(C)C)c1F. The van der Waals surface area contributed by atoms with Crippen molar-refractivity contribution in [3.63, 3.8) is 0 Å². The van der Waals surface area contributed by atoms with Gasteiger partial charge < -0.3 is 4.74 Å². The van der Waals surface area contributed by atoms with Gasteiger partial charge in [-0.3, -0.25) is 4.90 Å². The van der Waals surface area contributed by atoms with Crippen LogP contribution < -0.4 is 0 Å². The average molecular weight is 345 g/mol. The van der Waals surface area contributed by atoms with Gasteiger partial charge in [0.2, 0.25) is 0 Å². The van der Waals surface area contributed by atoms with E-state index in [2.05, 4.69) is 6.08 Å². The van der Waals surface area contributed by atoms with Crippen LogP contribution in [-0.4, -0.2) is 28.7 Å². The predicted octanol–water partition coefficient (Wildman–Crippen LogP) is 5.16. The number of carbonyl (C=O) groups excluding carboxylic acids is 1. The molecule has 1 fully saturated rings. The summed E-state index contributed by atoms with van der Waals surface area (Å²) in [4.78, 5) is 14.5. The highest BCUT2D eigenvalue weighted by atomic mass is 19.1. The molecule has 0 radical (unpaired) electrons. The van der Waals surface area contributed by atoms with Crippen LogP contribution in [-0.2, 0) is 11.2 Å². The number of hydrogen-bond donors (Lipinski definition) is 0. The monoisotopic (exact) mass is 345 g/mol. The molecule has 0 aliphatic carbocycles. The van der Waals surface area contributed by atoms with Crippen molar-refractivity contribution in [1.29, 1.82) is 0 Å². The zero-order valence-electron chi connectivity index (χ0n) is 15.6. The topological polar surface area (TPSA) is 29.5 Å². The lowest BCUT2D eigenvalue weighted by Gasteiger charge is -2.45. The molecule has 0 aromatic heterocycles. The Balaban J connectivity index is 1.79. The highest BCUT2D eigenvalue weighted by Crippen LogP contribution is 2.35. The molecule has 4 heteroatoms. The van der Waals surface area contributed by atoms with Crippen LogP contribution in [0.4, 0.5) is 9.18 Å². The smallest absolute Gasteiger partial charge is 0.411 e. The van der Waals surface area contributed by atoms with Gasteiger partial charge in [0.1, 0.15) is 11.4 Å². The summed E-state index contributed by atoms with van der Waals surface area (Å²) < 4.78 is 19.9. The van der Waals surface area contributed by atoms with Gasteiger partial charge in [0, 0.05) is 6.04 Å². The molecule has 0 N–H and O–H groups in total. The molecule has 0 saturated carbocycles. The molecule has 2 heterocycles. The highest BCUT2D eigenvalue weighted by molar-refractivity contribution is 5.70. The quantitative estimate of drug-likeness (QED) is 0.693. The second kappa shape index (κ2) is 6.81. The second-order valence-corrected chi connectivity index (χ2v) is 8.29. The fourth-order valence-electron chi connectivity index (χ4n) is 3.94. The van der Waals surface area contributed by atoms with E-state index in [-0.39, 0.29) is 24.0 Å². The highest BCUT2D eigenvalue weighted by Gasteiger charge is 2.39. The molecule has 3 nitrogen and oxygen atoms in total. The number of ether oxygens (including phenoxy) is 1. The number of amides is 1. The molecule has 2 unspecified atom stereocenters. The average Bonchev–Trinajstić information content (AvgIpc) is 2.49. The molecule has 136 valence electrons. The lowest BCUT2D eigenvalue weighted by atomic mass is 9.83. The molecule has 1 saturated heterocycles. The van der Waals surface area contributed by atoms with Crippen molar-refractivity contribution in [3.05, 3.63) is 46.8 Å². The summed E-state index contributed by atoms with van der Waals surface area (Å²) in [6.07, 6.45) is 6.45. The van der Waals surface area contributed by atoms with E-state index < -0.39 is 5.60 Å². The molecule has 1 amide bonds. The molecule has 2 atom stereocenters. The first-order valence-electron chi connectivity index (χ1n) is 9.19. The largest absolute Gasteiger partial charge is 0.444 e. The second-order valence-electron chi connectivity index (χ2n) is 8.29. The third kappa shape index (κ3) is 4.05. The lowest BCUT2D eigenvalue weighted by Crippen LogP contribution is -2.53. The van der Waals surface area contributed by atoms with E-state index in [1.54, 1.807) is 13.0 Å². The number of carbonyl (C=O) groups is 1.